The van der Waals surface area contributed by atoms with Crippen LogP contribution in [0, 0.1) is 5.92 Å². The number of amides is 2. The van der Waals surface area contributed by atoms with Gasteiger partial charge in [0.25, 0.3) is 11.8 Å². The lowest BCUT2D eigenvalue weighted by Gasteiger charge is -2.25. The average Bonchev–Trinajstić information content (AvgIpc) is 2.57. The van der Waals surface area contributed by atoms with Gasteiger partial charge in [-0.15, -0.1) is 0 Å². The topological polar surface area (TPSA) is 62.6 Å². The summed E-state index contributed by atoms with van der Waals surface area (Å²) in [7, 11) is 0. The van der Waals surface area contributed by atoms with E-state index >= 15 is 0 Å². The predicted octanol–water partition coefficient (Wildman–Crippen LogP) is 2.44. The zero-order valence-electron chi connectivity index (χ0n) is 19.0. The Balaban J connectivity index is 2.73. The molecule has 2 amide bonds. The lowest BCUT2D eigenvalue weighted by atomic mass is 9.93. The quantitative estimate of drug-likeness (QED) is 0.606. The van der Waals surface area contributed by atoms with E-state index < -0.39 is 0 Å². The fourth-order valence-electron chi connectivity index (χ4n) is 3.18. The van der Waals surface area contributed by atoms with Crippen LogP contribution in [0.2, 0.25) is 0 Å². The van der Waals surface area contributed by atoms with E-state index in [9.17, 15) is 9.59 Å². The van der Waals surface area contributed by atoms with Gasteiger partial charge in [-0.2, -0.15) is 0 Å². The monoisotopic (exact) mass is 390 g/mol. The van der Waals surface area contributed by atoms with Crippen molar-refractivity contribution >= 4 is 11.8 Å². The maximum Gasteiger partial charge on any atom is 0.275 e. The largest absolute Gasteiger partial charge is 0.347 e. The van der Waals surface area contributed by atoms with Crippen molar-refractivity contribution in [1.29, 1.82) is 0 Å². The molecule has 0 radical (unpaired) electrons. The van der Waals surface area contributed by atoms with Gasteiger partial charge in [0.1, 0.15) is 0 Å². The van der Waals surface area contributed by atoms with Gasteiger partial charge in [-0.3, -0.25) is 9.59 Å². The first-order valence-corrected chi connectivity index (χ1v) is 10.5. The zero-order valence-corrected chi connectivity index (χ0v) is 19.0. The predicted molar refractivity (Wildman–Crippen MR) is 115 cm³/mol. The first kappa shape index (κ1) is 24.2. The second kappa shape index (κ2) is 10.6. The van der Waals surface area contributed by atoms with E-state index in [1.807, 2.05) is 27.7 Å². The number of benzene rings is 1. The van der Waals surface area contributed by atoms with Crippen molar-refractivity contribution in [2.24, 2.45) is 5.92 Å². The summed E-state index contributed by atoms with van der Waals surface area (Å²) >= 11 is 0. The van der Waals surface area contributed by atoms with Crippen molar-refractivity contribution in [1.82, 2.24) is 10.6 Å². The summed E-state index contributed by atoms with van der Waals surface area (Å²) in [5.74, 6) is 0.721. The summed E-state index contributed by atoms with van der Waals surface area (Å²) in [6.07, 6.45) is 0. The molecule has 0 saturated carbocycles. The molecule has 0 aliphatic carbocycles. The van der Waals surface area contributed by atoms with E-state index in [0.717, 1.165) is 17.0 Å². The molecular formula is C23H40N3O2+. The van der Waals surface area contributed by atoms with Crippen molar-refractivity contribution < 1.29 is 14.5 Å². The van der Waals surface area contributed by atoms with Crippen LogP contribution >= 0.6 is 0 Å². The van der Waals surface area contributed by atoms with Gasteiger partial charge in [0.2, 0.25) is 0 Å². The molecule has 0 spiro atoms. The number of rotatable bonds is 9. The lowest BCUT2D eigenvalue weighted by molar-refractivity contribution is -0.881. The van der Waals surface area contributed by atoms with E-state index in [1.165, 1.54) is 5.56 Å². The maximum absolute atomic E-state index is 12.7. The Bertz CT molecular complexity index is 630. The van der Waals surface area contributed by atoms with Gasteiger partial charge >= 0.3 is 0 Å². The average molecular weight is 391 g/mol. The van der Waals surface area contributed by atoms with E-state index in [2.05, 4.69) is 62.6 Å². The number of carbonyl (C=O) groups excluding carboxylic acids is 2. The Morgan fingerprint density at radius 2 is 1.43 bits per heavy atom. The first-order valence-electron chi connectivity index (χ1n) is 10.5. The summed E-state index contributed by atoms with van der Waals surface area (Å²) in [5.41, 5.74) is 2.16. The highest BCUT2D eigenvalue weighted by Gasteiger charge is 2.23. The van der Waals surface area contributed by atoms with Crippen molar-refractivity contribution in [3.05, 3.63) is 35.4 Å². The minimum Gasteiger partial charge on any atom is -0.347 e. The van der Waals surface area contributed by atoms with Gasteiger partial charge in [-0.1, -0.05) is 52.0 Å². The Labute approximate surface area is 171 Å². The third kappa shape index (κ3) is 8.42. The minimum absolute atomic E-state index is 0.0213. The zero-order chi connectivity index (χ0) is 21.5. The normalized spacial score (nSPS) is 14.1. The Kier molecular flexibility index (Phi) is 9.15. The highest BCUT2D eigenvalue weighted by Crippen LogP contribution is 2.23. The van der Waals surface area contributed by atoms with Gasteiger partial charge in [0, 0.05) is 5.54 Å². The maximum atomic E-state index is 12.7. The molecule has 3 N–H and O–H groups in total. The smallest absolute Gasteiger partial charge is 0.275 e. The van der Waals surface area contributed by atoms with Gasteiger partial charge in [-0.25, -0.2) is 0 Å². The highest BCUT2D eigenvalue weighted by atomic mass is 16.2. The minimum atomic E-state index is -0.261. The van der Waals surface area contributed by atoms with Gasteiger partial charge < -0.3 is 15.5 Å². The third-order valence-corrected chi connectivity index (χ3v) is 4.78. The van der Waals surface area contributed by atoms with Crippen LogP contribution in [0.4, 0.5) is 0 Å². The van der Waals surface area contributed by atoms with Crippen LogP contribution in [0.3, 0.4) is 0 Å². The standard InChI is InChI=1S/C23H39N3O2/c1-9-26(15-21(28)25-23(6,7)8)14-20(27)24-22(17(4)5)19-12-10-18(11-13-19)16(2)3/h10-13,16-17,22H,9,14-15H2,1-8H3,(H,24,27)(H,25,28)/p+1/t22-/m1/s1. The molecule has 158 valence electrons. The van der Waals surface area contributed by atoms with Crippen molar-refractivity contribution in [2.45, 2.75) is 72.9 Å². The lowest BCUT2D eigenvalue weighted by Crippen LogP contribution is -3.14. The van der Waals surface area contributed by atoms with Crippen LogP contribution in [0.1, 0.15) is 78.5 Å². The van der Waals surface area contributed by atoms with Crippen LogP contribution < -0.4 is 15.5 Å². The van der Waals surface area contributed by atoms with Gasteiger partial charge in [-0.05, 0) is 50.7 Å². The van der Waals surface area contributed by atoms with Crippen molar-refractivity contribution in [2.75, 3.05) is 19.6 Å². The number of hydrogen-bond donors (Lipinski definition) is 3. The van der Waals surface area contributed by atoms with E-state index in [0.29, 0.717) is 19.0 Å². The van der Waals surface area contributed by atoms with Crippen LogP contribution in [0.5, 0.6) is 0 Å². The highest BCUT2D eigenvalue weighted by molar-refractivity contribution is 5.79. The molecule has 0 aliphatic rings. The van der Waals surface area contributed by atoms with E-state index in [-0.39, 0.29) is 29.3 Å². The Morgan fingerprint density at radius 3 is 1.86 bits per heavy atom. The summed E-state index contributed by atoms with van der Waals surface area (Å²) in [6.45, 7) is 17.8. The second-order valence-electron chi connectivity index (χ2n) is 9.37. The molecule has 1 rings (SSSR count). The molecule has 0 bridgehead atoms. The molecule has 1 aromatic carbocycles. The molecular weight excluding hydrogens is 350 g/mol. The van der Waals surface area contributed by atoms with Crippen LogP contribution in [-0.2, 0) is 9.59 Å². The van der Waals surface area contributed by atoms with Crippen LogP contribution in [0.25, 0.3) is 0 Å². The number of hydrogen-bond acceptors (Lipinski definition) is 2. The van der Waals surface area contributed by atoms with E-state index in [4.69, 9.17) is 0 Å². The molecule has 0 aliphatic heterocycles. The van der Waals surface area contributed by atoms with Crippen molar-refractivity contribution in [3.8, 4) is 0 Å². The molecule has 5 nitrogen and oxygen atoms in total. The fourth-order valence-corrected chi connectivity index (χ4v) is 3.18. The molecule has 1 unspecified atom stereocenters. The summed E-state index contributed by atoms with van der Waals surface area (Å²) in [4.78, 5) is 25.8. The van der Waals surface area contributed by atoms with Gasteiger partial charge in [0.15, 0.2) is 13.1 Å². The molecule has 0 heterocycles. The fraction of sp³-hybridized carbons (Fsp3) is 0.652. The number of nitrogens with one attached hydrogen (secondary N) is 3. The first-order chi connectivity index (χ1) is 12.9. The van der Waals surface area contributed by atoms with Crippen molar-refractivity contribution in [3.63, 3.8) is 0 Å². The molecule has 0 fully saturated rings. The summed E-state index contributed by atoms with van der Waals surface area (Å²) in [5, 5.41) is 6.14. The Hall–Kier alpha value is -1.88. The second-order valence-corrected chi connectivity index (χ2v) is 9.37. The van der Waals surface area contributed by atoms with Gasteiger partial charge in [0.05, 0.1) is 12.6 Å². The molecule has 2 atom stereocenters. The third-order valence-electron chi connectivity index (χ3n) is 4.78. The van der Waals surface area contributed by atoms with E-state index in [1.54, 1.807) is 0 Å². The summed E-state index contributed by atoms with van der Waals surface area (Å²) in [6, 6.07) is 8.47. The summed E-state index contributed by atoms with van der Waals surface area (Å²) < 4.78 is 0. The van der Waals surface area contributed by atoms with Crippen LogP contribution in [-0.4, -0.2) is 37.0 Å². The number of likely N-dealkylation sites (N-methyl/N-ethyl adjacent to an activating group) is 1. The molecule has 0 saturated heterocycles. The molecule has 0 aromatic heterocycles. The molecule has 28 heavy (non-hydrogen) atoms. The van der Waals surface area contributed by atoms with Crippen LogP contribution in [0.15, 0.2) is 24.3 Å². The molecule has 5 heteroatoms. The molecule has 1 aromatic rings. The number of quaternary nitrogens is 1. The SMILES string of the molecule is CC[NH+](CC(=O)N[C@@H](c1ccc(C(C)C)cc1)C(C)C)CC(=O)NC(C)(C)C. The Morgan fingerprint density at radius 1 is 0.929 bits per heavy atom. The number of carbonyl (C=O) groups is 2.